The van der Waals surface area contributed by atoms with Gasteiger partial charge in [0.2, 0.25) is 0 Å². The second-order valence-electron chi connectivity index (χ2n) is 5.86. The highest BCUT2D eigenvalue weighted by Crippen LogP contribution is 2.36. The zero-order chi connectivity index (χ0) is 18.9. The van der Waals surface area contributed by atoms with Gasteiger partial charge in [-0.15, -0.1) is 0 Å². The molecule has 1 aromatic carbocycles. The van der Waals surface area contributed by atoms with Gasteiger partial charge in [0, 0.05) is 6.54 Å². The molecule has 0 aliphatic carbocycles. The molecule has 25 heavy (non-hydrogen) atoms. The number of alkyl halides is 3. The Morgan fingerprint density at radius 2 is 1.72 bits per heavy atom. The number of aromatic nitrogens is 2. The summed E-state index contributed by atoms with van der Waals surface area (Å²) in [6.07, 6.45) is -4.44. The molecule has 138 valence electrons. The van der Waals surface area contributed by atoms with Crippen LogP contribution in [0.1, 0.15) is 32.0 Å². The Hall–Kier alpha value is -1.63. The van der Waals surface area contributed by atoms with Gasteiger partial charge in [0.05, 0.1) is 27.9 Å². The summed E-state index contributed by atoms with van der Waals surface area (Å²) in [5, 5.41) is 4.36. The van der Waals surface area contributed by atoms with Gasteiger partial charge >= 0.3 is 6.18 Å². The molecule has 0 fully saturated rings. The molecule has 0 N–H and O–H groups in total. The molecule has 0 aliphatic rings. The number of halogens is 6. The first-order valence-electron chi connectivity index (χ1n) is 7.90. The predicted octanol–water partition coefficient (Wildman–Crippen LogP) is 5.80. The fraction of sp³-hybridized carbons (Fsp3) is 0.471. The van der Waals surface area contributed by atoms with E-state index in [-0.39, 0.29) is 21.8 Å². The molecule has 8 heteroatoms. The molecule has 1 heterocycles. The molecule has 1 aromatic heterocycles. The second-order valence-corrected chi connectivity index (χ2v) is 6.24. The third kappa shape index (κ3) is 3.97. The fourth-order valence-corrected chi connectivity index (χ4v) is 2.99. The molecule has 1 unspecified atom stereocenters. The molecule has 2 rings (SSSR count). The molecule has 0 radical (unpaired) electrons. The van der Waals surface area contributed by atoms with E-state index in [1.165, 1.54) is 4.68 Å². The average Bonchev–Trinajstić information content (AvgIpc) is 2.82. The van der Waals surface area contributed by atoms with Gasteiger partial charge in [0.1, 0.15) is 11.6 Å². The van der Waals surface area contributed by atoms with Crippen molar-refractivity contribution < 1.29 is 22.0 Å². The number of nitrogens with zero attached hydrogens (tertiary/aromatic N) is 2. The average molecular weight is 381 g/mol. The minimum absolute atomic E-state index is 0.0574. The van der Waals surface area contributed by atoms with Crippen LogP contribution in [0.15, 0.2) is 12.1 Å². The third-order valence-corrected chi connectivity index (χ3v) is 4.43. The highest BCUT2D eigenvalue weighted by atomic mass is 35.5. The molecule has 0 bridgehead atoms. The molecule has 1 atom stereocenters. The summed E-state index contributed by atoms with van der Waals surface area (Å²) in [6, 6.07) is 1.85. The highest BCUT2D eigenvalue weighted by Gasteiger charge is 2.36. The largest absolute Gasteiger partial charge is 0.391 e. The van der Waals surface area contributed by atoms with Crippen molar-refractivity contribution in [2.24, 2.45) is 5.92 Å². The van der Waals surface area contributed by atoms with Crippen LogP contribution >= 0.6 is 11.6 Å². The highest BCUT2D eigenvalue weighted by molar-refractivity contribution is 6.33. The minimum Gasteiger partial charge on any atom is -0.263 e. The van der Waals surface area contributed by atoms with Crippen molar-refractivity contribution in [1.82, 2.24) is 9.78 Å². The molecular weight excluding hydrogens is 363 g/mol. The lowest BCUT2D eigenvalue weighted by molar-refractivity contribution is -0.169. The lowest BCUT2D eigenvalue weighted by atomic mass is 9.98. The number of aryl methyl sites for hydroxylation is 2. The molecule has 2 nitrogen and oxygen atoms in total. The van der Waals surface area contributed by atoms with Crippen molar-refractivity contribution in [3.63, 3.8) is 0 Å². The normalized spacial score (nSPS) is 13.3. The summed E-state index contributed by atoms with van der Waals surface area (Å²) in [5.74, 6) is -3.61. The van der Waals surface area contributed by atoms with Crippen LogP contribution in [-0.4, -0.2) is 16.0 Å². The second kappa shape index (κ2) is 7.32. The van der Waals surface area contributed by atoms with E-state index in [2.05, 4.69) is 5.10 Å². The summed E-state index contributed by atoms with van der Waals surface area (Å²) < 4.78 is 68.4. The van der Waals surface area contributed by atoms with Crippen molar-refractivity contribution >= 4 is 11.6 Å². The van der Waals surface area contributed by atoms with Gasteiger partial charge in [0.15, 0.2) is 0 Å². The van der Waals surface area contributed by atoms with Gasteiger partial charge in [-0.3, -0.25) is 4.68 Å². The summed E-state index contributed by atoms with van der Waals surface area (Å²) in [6.45, 7) is 4.88. The van der Waals surface area contributed by atoms with Crippen LogP contribution in [-0.2, 0) is 19.4 Å². The Kier molecular flexibility index (Phi) is 5.76. The van der Waals surface area contributed by atoms with Gasteiger partial charge in [-0.2, -0.15) is 18.3 Å². The first-order valence-corrected chi connectivity index (χ1v) is 8.28. The van der Waals surface area contributed by atoms with E-state index < -0.39 is 30.1 Å². The topological polar surface area (TPSA) is 17.8 Å². The maximum absolute atomic E-state index is 14.5. The zero-order valence-electron chi connectivity index (χ0n) is 14.0. The van der Waals surface area contributed by atoms with Crippen molar-refractivity contribution in [2.45, 2.75) is 46.3 Å². The smallest absolute Gasteiger partial charge is 0.263 e. The van der Waals surface area contributed by atoms with Crippen molar-refractivity contribution in [3.05, 3.63) is 40.0 Å². The van der Waals surface area contributed by atoms with Crippen LogP contribution in [0.2, 0.25) is 5.02 Å². The standard InChI is InChI=1S/C17H18ClF5N2/c1-4-13-15(18)16(25(5-2)24-13)14-11(19)7-10(8-12(14)20)6-9(3)17(21,22)23/h7-9H,4-6H2,1-3H3. The van der Waals surface area contributed by atoms with E-state index in [4.69, 9.17) is 11.6 Å². The quantitative estimate of drug-likeness (QED) is 0.599. The number of benzene rings is 1. The third-order valence-electron chi connectivity index (χ3n) is 4.03. The fourth-order valence-electron chi connectivity index (χ4n) is 2.62. The lowest BCUT2D eigenvalue weighted by Gasteiger charge is -2.16. The van der Waals surface area contributed by atoms with E-state index in [1.807, 2.05) is 6.92 Å². The SMILES string of the molecule is CCc1nn(CC)c(-c2c(F)cc(CC(C)C(F)(F)F)cc2F)c1Cl. The molecule has 2 aromatic rings. The van der Waals surface area contributed by atoms with Crippen LogP contribution in [0.25, 0.3) is 11.3 Å². The van der Waals surface area contributed by atoms with Crippen LogP contribution in [0.4, 0.5) is 22.0 Å². The monoisotopic (exact) mass is 380 g/mol. The number of hydrogen-bond donors (Lipinski definition) is 0. The Morgan fingerprint density at radius 1 is 1.16 bits per heavy atom. The summed E-state index contributed by atoms with van der Waals surface area (Å²) in [7, 11) is 0. The zero-order valence-corrected chi connectivity index (χ0v) is 14.8. The van der Waals surface area contributed by atoms with E-state index in [0.29, 0.717) is 18.7 Å². The van der Waals surface area contributed by atoms with Gasteiger partial charge in [-0.1, -0.05) is 25.4 Å². The van der Waals surface area contributed by atoms with E-state index in [9.17, 15) is 22.0 Å². The van der Waals surface area contributed by atoms with Gasteiger partial charge in [-0.25, -0.2) is 8.78 Å². The van der Waals surface area contributed by atoms with Gasteiger partial charge in [-0.05, 0) is 37.5 Å². The number of rotatable bonds is 5. The summed E-state index contributed by atoms with van der Waals surface area (Å²) in [5.41, 5.74) is 0.180. The lowest BCUT2D eigenvalue weighted by Crippen LogP contribution is -2.22. The van der Waals surface area contributed by atoms with Crippen LogP contribution < -0.4 is 0 Å². The van der Waals surface area contributed by atoms with E-state index >= 15 is 0 Å². The van der Waals surface area contributed by atoms with Crippen molar-refractivity contribution in [1.29, 1.82) is 0 Å². The first kappa shape index (κ1) is 19.7. The van der Waals surface area contributed by atoms with Crippen molar-refractivity contribution in [2.75, 3.05) is 0 Å². The van der Waals surface area contributed by atoms with Crippen LogP contribution in [0, 0.1) is 17.6 Å². The Labute approximate surface area is 147 Å². The minimum atomic E-state index is -4.42. The summed E-state index contributed by atoms with van der Waals surface area (Å²) >= 11 is 6.21. The van der Waals surface area contributed by atoms with Gasteiger partial charge in [0.25, 0.3) is 0 Å². The van der Waals surface area contributed by atoms with Crippen molar-refractivity contribution in [3.8, 4) is 11.3 Å². The Balaban J connectivity index is 2.50. The van der Waals surface area contributed by atoms with E-state index in [0.717, 1.165) is 19.1 Å². The first-order chi connectivity index (χ1) is 11.6. The van der Waals surface area contributed by atoms with Crippen LogP contribution in [0.5, 0.6) is 0 Å². The molecule has 0 saturated carbocycles. The molecule has 0 spiro atoms. The van der Waals surface area contributed by atoms with Crippen LogP contribution in [0.3, 0.4) is 0 Å². The van der Waals surface area contributed by atoms with Gasteiger partial charge < -0.3 is 0 Å². The maximum Gasteiger partial charge on any atom is 0.391 e. The molecule has 0 aliphatic heterocycles. The van der Waals surface area contributed by atoms with E-state index in [1.54, 1.807) is 6.92 Å². The Bertz CT molecular complexity index is 744. The number of hydrogen-bond acceptors (Lipinski definition) is 1. The summed E-state index contributed by atoms with van der Waals surface area (Å²) in [4.78, 5) is 0. The maximum atomic E-state index is 14.5. The molecule has 0 amide bonds. The Morgan fingerprint density at radius 3 is 2.16 bits per heavy atom. The molecule has 0 saturated heterocycles. The predicted molar refractivity (Wildman–Crippen MR) is 86.6 cm³/mol. The molecular formula is C17H18ClF5N2.